The first-order valence-electron chi connectivity index (χ1n) is 6.32. The van der Waals surface area contributed by atoms with Gasteiger partial charge in [0, 0.05) is 19.2 Å². The molecular formula is C12H25NO2. The van der Waals surface area contributed by atoms with Gasteiger partial charge < -0.3 is 15.2 Å². The molecule has 3 heteroatoms. The van der Waals surface area contributed by atoms with E-state index in [9.17, 15) is 5.11 Å². The molecule has 0 aromatic heterocycles. The van der Waals surface area contributed by atoms with Crippen LogP contribution in [0.1, 0.15) is 45.4 Å². The molecular weight excluding hydrogens is 190 g/mol. The van der Waals surface area contributed by atoms with Crippen molar-refractivity contribution in [1.82, 2.24) is 5.32 Å². The van der Waals surface area contributed by atoms with E-state index in [1.807, 2.05) is 6.92 Å². The van der Waals surface area contributed by atoms with Crippen LogP contribution in [0.25, 0.3) is 0 Å². The molecule has 0 aromatic rings. The SMILES string of the molecule is CCOCC(O)CNC1CCCCCC1. The van der Waals surface area contributed by atoms with E-state index in [4.69, 9.17) is 4.74 Å². The van der Waals surface area contributed by atoms with Gasteiger partial charge in [-0.1, -0.05) is 25.7 Å². The summed E-state index contributed by atoms with van der Waals surface area (Å²) in [5, 5.41) is 13.0. The van der Waals surface area contributed by atoms with Crippen LogP contribution in [-0.4, -0.2) is 37.0 Å². The highest BCUT2D eigenvalue weighted by molar-refractivity contribution is 4.72. The third kappa shape index (κ3) is 6.13. The molecule has 0 saturated heterocycles. The Labute approximate surface area is 93.2 Å². The van der Waals surface area contributed by atoms with E-state index >= 15 is 0 Å². The van der Waals surface area contributed by atoms with Gasteiger partial charge in [-0.3, -0.25) is 0 Å². The zero-order valence-electron chi connectivity index (χ0n) is 9.87. The van der Waals surface area contributed by atoms with E-state index in [2.05, 4.69) is 5.32 Å². The molecule has 0 spiro atoms. The van der Waals surface area contributed by atoms with Crippen LogP contribution in [0.3, 0.4) is 0 Å². The molecule has 3 nitrogen and oxygen atoms in total. The second-order valence-electron chi connectivity index (χ2n) is 4.41. The molecule has 1 aliphatic rings. The lowest BCUT2D eigenvalue weighted by Gasteiger charge is -2.18. The monoisotopic (exact) mass is 215 g/mol. The molecule has 1 fully saturated rings. The third-order valence-corrected chi connectivity index (χ3v) is 3.01. The Hall–Kier alpha value is -0.120. The summed E-state index contributed by atoms with van der Waals surface area (Å²) in [4.78, 5) is 0. The van der Waals surface area contributed by atoms with Crippen molar-refractivity contribution >= 4 is 0 Å². The Morgan fingerprint density at radius 1 is 1.27 bits per heavy atom. The topological polar surface area (TPSA) is 41.5 Å². The minimum Gasteiger partial charge on any atom is -0.389 e. The Bertz CT molecular complexity index is 145. The smallest absolute Gasteiger partial charge is 0.0897 e. The van der Waals surface area contributed by atoms with Crippen molar-refractivity contribution in [2.24, 2.45) is 0 Å². The molecule has 2 N–H and O–H groups in total. The average molecular weight is 215 g/mol. The number of hydrogen-bond donors (Lipinski definition) is 2. The van der Waals surface area contributed by atoms with Crippen molar-refractivity contribution in [3.05, 3.63) is 0 Å². The van der Waals surface area contributed by atoms with E-state index in [1.54, 1.807) is 0 Å². The lowest BCUT2D eigenvalue weighted by atomic mass is 10.1. The van der Waals surface area contributed by atoms with Crippen molar-refractivity contribution in [2.75, 3.05) is 19.8 Å². The first kappa shape index (κ1) is 12.9. The van der Waals surface area contributed by atoms with Crippen molar-refractivity contribution < 1.29 is 9.84 Å². The maximum absolute atomic E-state index is 9.59. The van der Waals surface area contributed by atoms with Gasteiger partial charge in [-0.2, -0.15) is 0 Å². The van der Waals surface area contributed by atoms with Gasteiger partial charge in [0.15, 0.2) is 0 Å². The summed E-state index contributed by atoms with van der Waals surface area (Å²) in [5.41, 5.74) is 0. The van der Waals surface area contributed by atoms with E-state index < -0.39 is 0 Å². The van der Waals surface area contributed by atoms with Crippen LogP contribution >= 0.6 is 0 Å². The fraction of sp³-hybridized carbons (Fsp3) is 1.00. The normalized spacial score (nSPS) is 21.2. The summed E-state index contributed by atoms with van der Waals surface area (Å²) >= 11 is 0. The maximum Gasteiger partial charge on any atom is 0.0897 e. The van der Waals surface area contributed by atoms with Crippen molar-refractivity contribution in [2.45, 2.75) is 57.6 Å². The quantitative estimate of drug-likeness (QED) is 0.663. The summed E-state index contributed by atoms with van der Waals surface area (Å²) < 4.78 is 5.17. The van der Waals surface area contributed by atoms with Crippen LogP contribution in [0.4, 0.5) is 0 Å². The Kier molecular flexibility index (Phi) is 6.98. The number of aliphatic hydroxyl groups is 1. The predicted octanol–water partition coefficient (Wildman–Crippen LogP) is 1.70. The Morgan fingerprint density at radius 3 is 2.53 bits per heavy atom. The molecule has 1 rings (SSSR count). The van der Waals surface area contributed by atoms with Crippen LogP contribution in [0.15, 0.2) is 0 Å². The average Bonchev–Trinajstić information content (AvgIpc) is 2.51. The first-order chi connectivity index (χ1) is 7.33. The van der Waals surface area contributed by atoms with Crippen LogP contribution < -0.4 is 5.32 Å². The Morgan fingerprint density at radius 2 is 1.93 bits per heavy atom. The first-order valence-corrected chi connectivity index (χ1v) is 6.32. The molecule has 0 aliphatic heterocycles. The summed E-state index contributed by atoms with van der Waals surface area (Å²) in [6.07, 6.45) is 7.59. The van der Waals surface area contributed by atoms with E-state index in [0.717, 1.165) is 0 Å². The summed E-state index contributed by atoms with van der Waals surface area (Å²) in [5.74, 6) is 0. The molecule has 0 heterocycles. The van der Waals surface area contributed by atoms with Crippen molar-refractivity contribution in [1.29, 1.82) is 0 Å². The zero-order valence-corrected chi connectivity index (χ0v) is 9.87. The molecule has 1 unspecified atom stereocenters. The number of rotatable bonds is 6. The number of nitrogens with one attached hydrogen (secondary N) is 1. The van der Waals surface area contributed by atoms with Gasteiger partial charge in [-0.15, -0.1) is 0 Å². The van der Waals surface area contributed by atoms with Gasteiger partial charge in [0.25, 0.3) is 0 Å². The van der Waals surface area contributed by atoms with Crippen LogP contribution in [0.5, 0.6) is 0 Å². The molecule has 1 atom stereocenters. The molecule has 90 valence electrons. The maximum atomic E-state index is 9.59. The summed E-state index contributed by atoms with van der Waals surface area (Å²) in [6.45, 7) is 3.76. The third-order valence-electron chi connectivity index (χ3n) is 3.01. The minimum absolute atomic E-state index is 0.354. The second kappa shape index (κ2) is 8.08. The van der Waals surface area contributed by atoms with Gasteiger partial charge in [0.05, 0.1) is 12.7 Å². The van der Waals surface area contributed by atoms with Crippen molar-refractivity contribution in [3.8, 4) is 0 Å². The van der Waals surface area contributed by atoms with Crippen LogP contribution in [0, 0.1) is 0 Å². The predicted molar refractivity (Wildman–Crippen MR) is 62.0 cm³/mol. The van der Waals surface area contributed by atoms with Gasteiger partial charge in [-0.05, 0) is 19.8 Å². The van der Waals surface area contributed by atoms with E-state index in [0.29, 0.717) is 25.8 Å². The highest BCUT2D eigenvalue weighted by Crippen LogP contribution is 2.16. The van der Waals surface area contributed by atoms with Crippen LogP contribution in [-0.2, 0) is 4.74 Å². The molecule has 1 aliphatic carbocycles. The molecule has 0 radical (unpaired) electrons. The summed E-state index contributed by atoms with van der Waals surface area (Å²) in [6, 6.07) is 0.615. The highest BCUT2D eigenvalue weighted by Gasteiger charge is 2.13. The Balaban J connectivity index is 2.06. The van der Waals surface area contributed by atoms with Gasteiger partial charge in [0.2, 0.25) is 0 Å². The number of ether oxygens (including phenoxy) is 1. The second-order valence-corrected chi connectivity index (χ2v) is 4.41. The minimum atomic E-state index is -0.354. The molecule has 1 saturated carbocycles. The standard InChI is InChI=1S/C12H25NO2/c1-2-15-10-12(14)9-13-11-7-5-3-4-6-8-11/h11-14H,2-10H2,1H3. The van der Waals surface area contributed by atoms with Gasteiger partial charge >= 0.3 is 0 Å². The molecule has 0 bridgehead atoms. The summed E-state index contributed by atoms with van der Waals surface area (Å²) in [7, 11) is 0. The van der Waals surface area contributed by atoms with Crippen molar-refractivity contribution in [3.63, 3.8) is 0 Å². The van der Waals surface area contributed by atoms with E-state index in [-0.39, 0.29) is 6.10 Å². The fourth-order valence-corrected chi connectivity index (χ4v) is 2.10. The van der Waals surface area contributed by atoms with Gasteiger partial charge in [0.1, 0.15) is 0 Å². The zero-order chi connectivity index (χ0) is 10.9. The lowest BCUT2D eigenvalue weighted by Crippen LogP contribution is -2.37. The van der Waals surface area contributed by atoms with E-state index in [1.165, 1.54) is 38.5 Å². The fourth-order valence-electron chi connectivity index (χ4n) is 2.10. The van der Waals surface area contributed by atoms with Crippen LogP contribution in [0.2, 0.25) is 0 Å². The number of hydrogen-bond acceptors (Lipinski definition) is 3. The highest BCUT2D eigenvalue weighted by atomic mass is 16.5. The van der Waals surface area contributed by atoms with Gasteiger partial charge in [-0.25, -0.2) is 0 Å². The number of aliphatic hydroxyl groups excluding tert-OH is 1. The lowest BCUT2D eigenvalue weighted by molar-refractivity contribution is 0.0411. The largest absolute Gasteiger partial charge is 0.389 e. The molecule has 0 aromatic carbocycles. The molecule has 0 amide bonds. The molecule has 15 heavy (non-hydrogen) atoms.